The first-order valence-electron chi connectivity index (χ1n) is 6.99. The first-order chi connectivity index (χ1) is 9.99. The molecule has 1 heterocycles. The number of nitrogens with two attached hydrogens (primary N) is 1. The minimum absolute atomic E-state index is 0.00700. The lowest BCUT2D eigenvalue weighted by molar-refractivity contribution is -0.124. The van der Waals surface area contributed by atoms with E-state index in [2.05, 4.69) is 10.3 Å². The number of aromatic nitrogens is 2. The van der Waals surface area contributed by atoms with Gasteiger partial charge in [0.25, 0.3) is 0 Å². The highest BCUT2D eigenvalue weighted by Gasteiger charge is 2.13. The van der Waals surface area contributed by atoms with Crippen LogP contribution in [-0.4, -0.2) is 27.9 Å². The van der Waals surface area contributed by atoms with E-state index in [1.54, 1.807) is 4.57 Å². The molecule has 0 atom stereocenters. The Hall–Kier alpha value is -2.37. The van der Waals surface area contributed by atoms with Crippen molar-refractivity contribution in [2.75, 3.05) is 6.54 Å². The van der Waals surface area contributed by atoms with Crippen LogP contribution < -0.4 is 11.1 Å². The molecule has 2 amide bonds. The molecular formula is C15H20N4O2. The van der Waals surface area contributed by atoms with Crippen molar-refractivity contribution in [3.8, 4) is 0 Å². The summed E-state index contributed by atoms with van der Waals surface area (Å²) in [5.41, 5.74) is 7.00. The van der Waals surface area contributed by atoms with Crippen LogP contribution in [0.4, 0.5) is 0 Å². The standard InChI is InChI=1S/C15H20N4O2/c1-10(2)15(21)17-8-7-14-18-11-5-3-4-6-12(11)19(14)9-13(16)20/h3-6,10H,7-9H2,1-2H3,(H2,16,20)(H,17,21). The lowest BCUT2D eigenvalue weighted by Crippen LogP contribution is -2.30. The molecule has 0 bridgehead atoms. The van der Waals surface area contributed by atoms with Crippen LogP contribution >= 0.6 is 0 Å². The van der Waals surface area contributed by atoms with Gasteiger partial charge in [0.2, 0.25) is 11.8 Å². The van der Waals surface area contributed by atoms with Crippen LogP contribution in [0.15, 0.2) is 24.3 Å². The van der Waals surface area contributed by atoms with Gasteiger partial charge in [0, 0.05) is 18.9 Å². The summed E-state index contributed by atoms with van der Waals surface area (Å²) >= 11 is 0. The maximum Gasteiger partial charge on any atom is 0.237 e. The van der Waals surface area contributed by atoms with Crippen molar-refractivity contribution in [1.29, 1.82) is 0 Å². The zero-order chi connectivity index (χ0) is 15.4. The molecule has 0 aliphatic carbocycles. The smallest absolute Gasteiger partial charge is 0.237 e. The summed E-state index contributed by atoms with van der Waals surface area (Å²) in [5, 5.41) is 2.85. The van der Waals surface area contributed by atoms with E-state index in [1.165, 1.54) is 0 Å². The number of nitrogens with zero attached hydrogens (tertiary/aromatic N) is 2. The minimum Gasteiger partial charge on any atom is -0.368 e. The molecule has 0 aliphatic heterocycles. The third-order valence-electron chi connectivity index (χ3n) is 3.22. The van der Waals surface area contributed by atoms with E-state index >= 15 is 0 Å². The predicted octanol–water partition coefficient (Wildman–Crippen LogP) is 0.836. The van der Waals surface area contributed by atoms with Crippen LogP contribution in [-0.2, 0) is 22.6 Å². The number of primary amides is 1. The van der Waals surface area contributed by atoms with Gasteiger partial charge >= 0.3 is 0 Å². The maximum absolute atomic E-state index is 11.6. The average molecular weight is 288 g/mol. The largest absolute Gasteiger partial charge is 0.368 e. The van der Waals surface area contributed by atoms with Crippen LogP contribution in [0, 0.1) is 5.92 Å². The number of fused-ring (bicyclic) bond motifs is 1. The summed E-state index contributed by atoms with van der Waals surface area (Å²) in [7, 11) is 0. The molecule has 0 fully saturated rings. The molecule has 112 valence electrons. The number of para-hydroxylation sites is 2. The van der Waals surface area contributed by atoms with E-state index < -0.39 is 5.91 Å². The number of nitrogens with one attached hydrogen (secondary N) is 1. The molecule has 1 aromatic heterocycles. The van der Waals surface area contributed by atoms with Crippen molar-refractivity contribution in [3.05, 3.63) is 30.1 Å². The van der Waals surface area contributed by atoms with E-state index in [-0.39, 0.29) is 18.4 Å². The summed E-state index contributed by atoms with van der Waals surface area (Å²) in [4.78, 5) is 27.3. The van der Waals surface area contributed by atoms with Gasteiger partial charge in [-0.3, -0.25) is 9.59 Å². The van der Waals surface area contributed by atoms with E-state index in [1.807, 2.05) is 38.1 Å². The fourth-order valence-electron chi connectivity index (χ4n) is 2.15. The zero-order valence-electron chi connectivity index (χ0n) is 12.3. The van der Waals surface area contributed by atoms with Gasteiger partial charge < -0.3 is 15.6 Å². The Morgan fingerprint density at radius 3 is 2.71 bits per heavy atom. The number of amides is 2. The van der Waals surface area contributed by atoms with E-state index in [0.29, 0.717) is 13.0 Å². The maximum atomic E-state index is 11.6. The molecule has 0 unspecified atom stereocenters. The van der Waals surface area contributed by atoms with E-state index in [4.69, 9.17) is 5.73 Å². The van der Waals surface area contributed by atoms with Crippen LogP contribution in [0.1, 0.15) is 19.7 Å². The number of hydrogen-bond acceptors (Lipinski definition) is 3. The number of benzene rings is 1. The van der Waals surface area contributed by atoms with Crippen LogP contribution in [0.2, 0.25) is 0 Å². The molecule has 6 heteroatoms. The summed E-state index contributed by atoms with van der Waals surface area (Å²) < 4.78 is 1.80. The molecule has 3 N–H and O–H groups in total. The Morgan fingerprint density at radius 1 is 1.33 bits per heavy atom. The van der Waals surface area contributed by atoms with Gasteiger partial charge in [-0.2, -0.15) is 0 Å². The molecule has 1 aromatic carbocycles. The Bertz CT molecular complexity index is 661. The van der Waals surface area contributed by atoms with Crippen LogP contribution in [0.3, 0.4) is 0 Å². The second-order valence-corrected chi connectivity index (χ2v) is 5.26. The fourth-order valence-corrected chi connectivity index (χ4v) is 2.15. The lowest BCUT2D eigenvalue weighted by Gasteiger charge is -2.09. The number of hydrogen-bond donors (Lipinski definition) is 2. The molecule has 0 aliphatic rings. The quantitative estimate of drug-likeness (QED) is 0.825. The number of imidazole rings is 1. The first kappa shape index (κ1) is 15.0. The molecular weight excluding hydrogens is 268 g/mol. The second kappa shape index (κ2) is 6.39. The Kier molecular flexibility index (Phi) is 4.57. The highest BCUT2D eigenvalue weighted by molar-refractivity contribution is 5.80. The monoisotopic (exact) mass is 288 g/mol. The third-order valence-corrected chi connectivity index (χ3v) is 3.22. The van der Waals surface area contributed by atoms with Crippen molar-refractivity contribution >= 4 is 22.8 Å². The lowest BCUT2D eigenvalue weighted by atomic mass is 10.2. The van der Waals surface area contributed by atoms with Crippen LogP contribution in [0.5, 0.6) is 0 Å². The molecule has 2 rings (SSSR count). The highest BCUT2D eigenvalue weighted by Crippen LogP contribution is 2.16. The van der Waals surface area contributed by atoms with E-state index in [9.17, 15) is 9.59 Å². The van der Waals surface area contributed by atoms with Gasteiger partial charge in [-0.05, 0) is 12.1 Å². The van der Waals surface area contributed by atoms with Gasteiger partial charge in [-0.1, -0.05) is 26.0 Å². The average Bonchev–Trinajstić information content (AvgIpc) is 2.76. The van der Waals surface area contributed by atoms with Gasteiger partial charge in [0.05, 0.1) is 11.0 Å². The van der Waals surface area contributed by atoms with Gasteiger partial charge in [-0.25, -0.2) is 4.98 Å². The topological polar surface area (TPSA) is 90.0 Å². The van der Waals surface area contributed by atoms with Crippen molar-refractivity contribution < 1.29 is 9.59 Å². The number of rotatable bonds is 6. The molecule has 0 radical (unpaired) electrons. The second-order valence-electron chi connectivity index (χ2n) is 5.26. The Balaban J connectivity index is 2.18. The first-order valence-corrected chi connectivity index (χ1v) is 6.99. The van der Waals surface area contributed by atoms with Crippen molar-refractivity contribution in [2.24, 2.45) is 11.7 Å². The molecule has 2 aromatic rings. The van der Waals surface area contributed by atoms with Crippen LogP contribution in [0.25, 0.3) is 11.0 Å². The fraction of sp³-hybridized carbons (Fsp3) is 0.400. The Labute approximate surface area is 123 Å². The molecule has 0 saturated carbocycles. The molecule has 21 heavy (non-hydrogen) atoms. The number of carbonyl (C=O) groups excluding carboxylic acids is 2. The summed E-state index contributed by atoms with van der Waals surface area (Å²) in [6.45, 7) is 4.27. The Morgan fingerprint density at radius 2 is 2.05 bits per heavy atom. The highest BCUT2D eigenvalue weighted by atomic mass is 16.2. The normalized spacial score (nSPS) is 11.0. The number of carbonyl (C=O) groups is 2. The molecule has 0 spiro atoms. The third kappa shape index (κ3) is 3.59. The van der Waals surface area contributed by atoms with Crippen molar-refractivity contribution in [1.82, 2.24) is 14.9 Å². The van der Waals surface area contributed by atoms with Gasteiger partial charge in [-0.15, -0.1) is 0 Å². The van der Waals surface area contributed by atoms with Crippen molar-refractivity contribution in [2.45, 2.75) is 26.8 Å². The summed E-state index contributed by atoms with van der Waals surface area (Å²) in [6, 6.07) is 7.59. The molecule has 0 saturated heterocycles. The van der Waals surface area contributed by atoms with Gasteiger partial charge in [0.15, 0.2) is 0 Å². The minimum atomic E-state index is -0.411. The summed E-state index contributed by atoms with van der Waals surface area (Å²) in [5.74, 6) is 0.298. The molecule has 6 nitrogen and oxygen atoms in total. The SMILES string of the molecule is CC(C)C(=O)NCCc1nc2ccccc2n1CC(N)=O. The summed E-state index contributed by atoms with van der Waals surface area (Å²) in [6.07, 6.45) is 0.556. The van der Waals surface area contributed by atoms with Gasteiger partial charge in [0.1, 0.15) is 12.4 Å². The van der Waals surface area contributed by atoms with Crippen molar-refractivity contribution in [3.63, 3.8) is 0 Å². The zero-order valence-corrected chi connectivity index (χ0v) is 12.3. The van der Waals surface area contributed by atoms with E-state index in [0.717, 1.165) is 16.9 Å². The predicted molar refractivity (Wildman–Crippen MR) is 80.5 cm³/mol.